The highest BCUT2D eigenvalue weighted by atomic mass is 35.5. The van der Waals surface area contributed by atoms with Crippen molar-refractivity contribution >= 4 is 117 Å². The van der Waals surface area contributed by atoms with Gasteiger partial charge in [-0.25, -0.2) is 23.2 Å². The van der Waals surface area contributed by atoms with Crippen molar-refractivity contribution in [3.05, 3.63) is 143 Å². The summed E-state index contributed by atoms with van der Waals surface area (Å²) in [7, 11) is 8.85. The maximum Gasteiger partial charge on any atom is 0.345 e. The number of nitrogens with one attached hydrogen (secondary N) is 3. The maximum atomic E-state index is 15.2. The third kappa shape index (κ3) is 35.3. The highest BCUT2D eigenvalue weighted by Crippen LogP contribution is 2.33. The van der Waals surface area contributed by atoms with Crippen LogP contribution in [0, 0.1) is 93.5 Å². The monoisotopic (exact) mass is 1990 g/mol. The number of carboxylic acids is 1. The quantitative estimate of drug-likeness (QED) is 0.0222. The Balaban J connectivity index is 0.000000497. The second-order valence-corrected chi connectivity index (χ2v) is 41.5. The predicted octanol–water partition coefficient (Wildman–Crippen LogP) is 14.0. The molecule has 6 N–H and O–H groups in total. The summed E-state index contributed by atoms with van der Waals surface area (Å²) in [6, 6.07) is 20.2. The second kappa shape index (κ2) is 56.8. The van der Waals surface area contributed by atoms with E-state index in [-0.39, 0.29) is 167 Å². The number of para-hydroxylation sites is 2. The number of hydrogen-bond acceptors (Lipinski definition) is 19. The number of Topliss-reactive ketones (excluding diaryl/α,β-unsaturated/α-hetero) is 2. The zero-order valence-corrected chi connectivity index (χ0v) is 88.3. The first-order valence-electron chi connectivity index (χ1n) is 49.5. The molecule has 0 saturated carbocycles. The van der Waals surface area contributed by atoms with E-state index in [1.165, 1.54) is 85.9 Å². The van der Waals surface area contributed by atoms with Crippen LogP contribution < -0.4 is 21.7 Å². The van der Waals surface area contributed by atoms with Gasteiger partial charge in [-0.15, -0.1) is 12.4 Å². The van der Waals surface area contributed by atoms with Gasteiger partial charge in [-0.1, -0.05) is 171 Å². The van der Waals surface area contributed by atoms with E-state index in [2.05, 4.69) is 16.0 Å². The largest absolute Gasteiger partial charge is 0.479 e. The number of esters is 2. The summed E-state index contributed by atoms with van der Waals surface area (Å²) < 4.78 is 42.8. The minimum atomic E-state index is -1.59. The molecule has 31 nitrogen and oxygen atoms in total. The first-order chi connectivity index (χ1) is 66.2. The molecule has 4 aromatic carbocycles. The van der Waals surface area contributed by atoms with Crippen molar-refractivity contribution in [3.8, 4) is 12.1 Å². The van der Waals surface area contributed by atoms with E-state index in [1.807, 2.05) is 193 Å². The fourth-order valence-electron chi connectivity index (χ4n) is 18.1. The van der Waals surface area contributed by atoms with Gasteiger partial charge in [0.25, 0.3) is 5.91 Å². The normalized spacial score (nSPS) is 18.7. The van der Waals surface area contributed by atoms with Crippen LogP contribution in [0.25, 0.3) is 21.8 Å². The molecule has 3 heterocycles. The molecule has 0 aliphatic carbocycles. The lowest BCUT2D eigenvalue weighted by atomic mass is 9.85. The van der Waals surface area contributed by atoms with Crippen LogP contribution in [-0.2, 0) is 103 Å². The van der Waals surface area contributed by atoms with E-state index in [9.17, 15) is 67.1 Å². The average Bonchev–Trinajstić information content (AvgIpc) is 1.64. The minimum Gasteiger partial charge on any atom is -0.479 e. The predicted molar refractivity (Wildman–Crippen MR) is 543 cm³/mol. The van der Waals surface area contributed by atoms with Gasteiger partial charge in [0.15, 0.2) is 23.8 Å². The van der Waals surface area contributed by atoms with Gasteiger partial charge in [0, 0.05) is 153 Å². The number of carbonyl (C=O) groups excluding carboxylic acids is 13. The van der Waals surface area contributed by atoms with E-state index >= 15 is 19.2 Å². The fourth-order valence-corrected chi connectivity index (χ4v) is 18.1. The van der Waals surface area contributed by atoms with Gasteiger partial charge in [-0.05, 0) is 171 Å². The Morgan fingerprint density at radius 3 is 1.32 bits per heavy atom. The summed E-state index contributed by atoms with van der Waals surface area (Å²) in [5.41, 5.74) is 11.1. The summed E-state index contributed by atoms with van der Waals surface area (Å²) in [5, 5.41) is 38.3. The molecular formula is C108H155ClF2N14O17. The first kappa shape index (κ1) is 121. The highest BCUT2D eigenvalue weighted by Gasteiger charge is 2.45. The number of nitriles is 2. The molecular weight excluding hydrogens is 1840 g/mol. The number of likely N-dealkylation sites (N-methyl/N-ethyl adjacent to an activating group) is 6. The number of aromatic nitrogens is 2. The molecule has 0 radical (unpaired) electrons. The number of carbonyl (C=O) groups is 14. The third-order valence-electron chi connectivity index (χ3n) is 25.9. The molecule has 1 fully saturated rings. The number of cyclic esters (lactones) is 1. The fraction of sp³-hybridized carbons (Fsp3) is 0.593. The Bertz CT molecular complexity index is 5350. The summed E-state index contributed by atoms with van der Waals surface area (Å²) in [5.74, 6) is -12.4. The van der Waals surface area contributed by atoms with Crippen molar-refractivity contribution in [3.63, 3.8) is 0 Å². The van der Waals surface area contributed by atoms with Crippen LogP contribution in [0.3, 0.4) is 0 Å². The van der Waals surface area contributed by atoms with Crippen LogP contribution in [0.2, 0.25) is 0 Å². The molecule has 0 spiro atoms. The number of nitrogens with two attached hydrogens (primary N) is 1. The molecule has 6 aromatic rings. The molecule has 1 aliphatic heterocycles. The van der Waals surface area contributed by atoms with Crippen LogP contribution >= 0.6 is 12.4 Å². The molecule has 1 aliphatic rings. The number of nitrogens with zero attached hydrogens (tertiary/aromatic N) is 10. The van der Waals surface area contributed by atoms with Crippen molar-refractivity contribution in [1.29, 1.82) is 10.5 Å². The zero-order chi connectivity index (χ0) is 106. The van der Waals surface area contributed by atoms with Gasteiger partial charge in [-0.3, -0.25) is 52.7 Å². The van der Waals surface area contributed by atoms with Gasteiger partial charge in [-0.2, -0.15) is 10.5 Å². The van der Waals surface area contributed by atoms with E-state index in [1.54, 1.807) is 38.4 Å². The number of fused-ring (bicyclic) bond motifs is 2. The lowest BCUT2D eigenvalue weighted by Crippen LogP contribution is -2.60. The SMILES string of the molecule is CC(C)C[C@@H]1NC(=O)[C@H](Cc2cn(Cc3ccc(F)cc3)c3ccccc23)N(C)C(=O)[C@H](CC(C)C)NC(=O)[C@H](CC(C)C)N(C)C(=O)[C@H](CC(C)C)NC(=O)[C@@H](CCC#N)OC(=O)[C@H](C)N(C)C1=O.CC(C)C[C@H](CC(=O)[C@H](Cc1cn(Cc2ccc(F)cc2)c2ccccc12)N(C)C(=O)[C@@H](CC(=O)[C@H](CC(C)C)N(C)C(=O)[C@@H](N)CC(C)C)CC(C)C)C(=O)N(C)[C@@H](C)C(=O)O[C@H](CCC#N)C(=O)O.Cl. The zero-order valence-electron chi connectivity index (χ0n) is 87.5. The number of benzene rings is 4. The number of carboxylic acid groups (broad SMARTS) is 1. The second-order valence-electron chi connectivity index (χ2n) is 41.5. The third-order valence-corrected chi connectivity index (χ3v) is 25.9. The number of aliphatic carboxylic acids is 1. The standard InChI is InChI=1S/C55H79FN6O9.C53H75FN8O8.ClH/c1-33(2)24-39(51(65)59(10)37(9)55(70)71-50(54(68)69)18-15-23-57)29-49(64)47(28-41-32-62(45-17-14-13-16-43(41)45)31-38-19-21-42(56)22-20-38)60(11)52(66)40(25-34(3)4)30-48(63)46(27-36(7)8)61(12)53(67)44(58)26-35(5)6;1-31(2)24-40-50(66)59(10)35(9)53(69)70-46(18-15-23-55)49(65)58-42(26-33(5)6)52(68)60(11)44(27-34(7)8)47(63)57-41(25-32(3)4)51(67)61(12)45(48(64)56-40)28-37-30-62(43-17-14-13-16-39(37)43)29-36-19-21-38(54)22-20-36;/h13-14,16-17,19-22,32-37,39-40,44,46-47,50H,15,18,24-31,58H2,1-12H3,(H,68,69);13-14,16-17,19-22,30-35,40-42,44-46H,15,18,24-29H2,1-12H3,(H,56,64)(H,57,63)(H,58,65);1H/t37-,39+,40+,44-,46-,47-,50+;35-,40-,41-,42-,44-,45-,46+;/m00./s1. The summed E-state index contributed by atoms with van der Waals surface area (Å²) in [6.45, 7) is 34.2. The van der Waals surface area contributed by atoms with Crippen molar-refractivity contribution < 1.29 is 90.5 Å². The van der Waals surface area contributed by atoms with E-state index in [0.717, 1.165) is 48.3 Å². The smallest absolute Gasteiger partial charge is 0.345 e. The first-order valence-corrected chi connectivity index (χ1v) is 49.5. The van der Waals surface area contributed by atoms with Crippen LogP contribution in [0.4, 0.5) is 8.78 Å². The van der Waals surface area contributed by atoms with Crippen molar-refractivity contribution in [1.82, 2.24) is 54.5 Å². The number of rotatable bonds is 43. The molecule has 0 bridgehead atoms. The summed E-state index contributed by atoms with van der Waals surface area (Å²) in [6.07, 6.45) is 1.40. The molecule has 0 unspecified atom stereocenters. The molecule has 34 heteroatoms. The Labute approximate surface area is 843 Å². The topological polar surface area (TPSA) is 417 Å². The van der Waals surface area contributed by atoms with Crippen molar-refractivity contribution in [2.45, 2.75) is 313 Å². The Morgan fingerprint density at radius 2 is 0.887 bits per heavy atom. The minimum absolute atomic E-state index is 0. The maximum absolute atomic E-state index is 15.2. The van der Waals surface area contributed by atoms with Crippen molar-refractivity contribution in [2.24, 2.45) is 64.9 Å². The number of ether oxygens (including phenoxy) is 2. The molecule has 2 aromatic heterocycles. The van der Waals surface area contributed by atoms with E-state index in [4.69, 9.17) is 20.5 Å². The van der Waals surface area contributed by atoms with Gasteiger partial charge < -0.3 is 74.8 Å². The van der Waals surface area contributed by atoms with Crippen LogP contribution in [0.1, 0.15) is 237 Å². The molecule has 780 valence electrons. The number of ketones is 2. The Hall–Kier alpha value is -12.0. The summed E-state index contributed by atoms with van der Waals surface area (Å²) >= 11 is 0. The average molecular weight is 1990 g/mol. The van der Waals surface area contributed by atoms with Crippen LogP contribution in [0.15, 0.2) is 109 Å². The van der Waals surface area contributed by atoms with Crippen LogP contribution in [0.5, 0.6) is 0 Å². The van der Waals surface area contributed by atoms with Crippen molar-refractivity contribution in [2.75, 3.05) is 42.3 Å². The van der Waals surface area contributed by atoms with Gasteiger partial charge >= 0.3 is 17.9 Å². The Kier molecular flexibility index (Phi) is 48.2. The molecule has 1 saturated heterocycles. The number of hydrogen-bond donors (Lipinski definition) is 5. The van der Waals surface area contributed by atoms with Gasteiger partial charge in [0.1, 0.15) is 53.9 Å². The van der Waals surface area contributed by atoms with E-state index < -0.39 is 155 Å². The van der Waals surface area contributed by atoms with Gasteiger partial charge in [0.05, 0.1) is 30.3 Å². The van der Waals surface area contributed by atoms with Crippen LogP contribution in [-0.4, -0.2) is 241 Å². The lowest BCUT2D eigenvalue weighted by molar-refractivity contribution is -0.169. The highest BCUT2D eigenvalue weighted by molar-refractivity contribution is 6.00. The Morgan fingerprint density at radius 1 is 0.493 bits per heavy atom. The number of halogens is 3. The molecule has 9 amide bonds. The molecule has 7 rings (SSSR count). The molecule has 14 atom stereocenters. The van der Waals surface area contributed by atoms with E-state index in [0.29, 0.717) is 37.9 Å². The van der Waals surface area contributed by atoms with Gasteiger partial charge in [0.2, 0.25) is 47.3 Å². The summed E-state index contributed by atoms with van der Waals surface area (Å²) in [4.78, 5) is 207. The number of amides is 9. The lowest BCUT2D eigenvalue weighted by Gasteiger charge is -2.35. The molecule has 142 heavy (non-hydrogen) atoms.